The lowest BCUT2D eigenvalue weighted by molar-refractivity contribution is 0.0951. The fourth-order valence-corrected chi connectivity index (χ4v) is 1.69. The zero-order chi connectivity index (χ0) is 14.8. The Morgan fingerprint density at radius 1 is 1.20 bits per heavy atom. The molecule has 0 bridgehead atoms. The van der Waals surface area contributed by atoms with Crippen molar-refractivity contribution in [1.82, 2.24) is 15.3 Å². The largest absolute Gasteiger partial charge is 0.354 e. The molecule has 1 aromatic rings. The van der Waals surface area contributed by atoms with Gasteiger partial charge in [0.05, 0.1) is 5.56 Å². The van der Waals surface area contributed by atoms with E-state index in [1.54, 1.807) is 12.4 Å². The van der Waals surface area contributed by atoms with Gasteiger partial charge in [0.15, 0.2) is 0 Å². The third kappa shape index (κ3) is 6.50. The summed E-state index contributed by atoms with van der Waals surface area (Å²) in [6.45, 7) is 7.99. The normalized spacial score (nSPS) is 10.6. The van der Waals surface area contributed by atoms with Crippen LogP contribution in [0.2, 0.25) is 0 Å². The molecule has 1 aromatic heterocycles. The van der Waals surface area contributed by atoms with Crippen LogP contribution in [0.4, 0.5) is 5.95 Å². The van der Waals surface area contributed by atoms with E-state index < -0.39 is 0 Å². The number of rotatable bonds is 9. The number of nitrogens with zero attached hydrogens (tertiary/aromatic N) is 2. The van der Waals surface area contributed by atoms with Crippen LogP contribution in [-0.2, 0) is 0 Å². The zero-order valence-electron chi connectivity index (χ0n) is 12.8. The Bertz CT molecular complexity index is 389. The molecule has 0 spiro atoms. The second-order valence-corrected chi connectivity index (χ2v) is 5.37. The number of nitrogens with one attached hydrogen (secondary N) is 2. The van der Waals surface area contributed by atoms with Gasteiger partial charge in [-0.2, -0.15) is 0 Å². The lowest BCUT2D eigenvalue weighted by Crippen LogP contribution is -2.25. The fourth-order valence-electron chi connectivity index (χ4n) is 1.69. The number of aromatic nitrogens is 2. The summed E-state index contributed by atoms with van der Waals surface area (Å²) >= 11 is 0. The van der Waals surface area contributed by atoms with Gasteiger partial charge in [0.2, 0.25) is 5.95 Å². The van der Waals surface area contributed by atoms with E-state index in [-0.39, 0.29) is 5.91 Å². The maximum Gasteiger partial charge on any atom is 0.254 e. The molecule has 0 aliphatic heterocycles. The average Bonchev–Trinajstić information content (AvgIpc) is 2.44. The van der Waals surface area contributed by atoms with Crippen molar-refractivity contribution in [2.45, 2.75) is 46.5 Å². The molecule has 5 heteroatoms. The second-order valence-electron chi connectivity index (χ2n) is 5.37. The molecule has 0 atom stereocenters. The Balaban J connectivity index is 2.35. The van der Waals surface area contributed by atoms with Crippen LogP contribution in [0.25, 0.3) is 0 Å². The number of carbonyl (C=O) groups excluding carboxylic acids is 1. The topological polar surface area (TPSA) is 66.9 Å². The third-order valence-electron chi connectivity index (χ3n) is 2.98. The minimum Gasteiger partial charge on any atom is -0.354 e. The van der Waals surface area contributed by atoms with Crippen LogP contribution in [0.1, 0.15) is 56.8 Å². The minimum atomic E-state index is -0.108. The molecule has 0 aliphatic carbocycles. The maximum atomic E-state index is 11.8. The summed E-state index contributed by atoms with van der Waals surface area (Å²) in [4.78, 5) is 20.1. The lowest BCUT2D eigenvalue weighted by Gasteiger charge is -2.07. The van der Waals surface area contributed by atoms with Crippen LogP contribution >= 0.6 is 0 Å². The van der Waals surface area contributed by atoms with Crippen molar-refractivity contribution in [3.05, 3.63) is 18.0 Å². The Kier molecular flexibility index (Phi) is 7.62. The van der Waals surface area contributed by atoms with E-state index >= 15 is 0 Å². The minimum absolute atomic E-state index is 0.108. The van der Waals surface area contributed by atoms with Gasteiger partial charge in [-0.05, 0) is 18.8 Å². The van der Waals surface area contributed by atoms with Gasteiger partial charge in [-0.25, -0.2) is 9.97 Å². The zero-order valence-corrected chi connectivity index (χ0v) is 12.8. The van der Waals surface area contributed by atoms with Crippen molar-refractivity contribution in [3.8, 4) is 0 Å². The Morgan fingerprint density at radius 3 is 2.50 bits per heavy atom. The van der Waals surface area contributed by atoms with Crippen molar-refractivity contribution in [1.29, 1.82) is 0 Å². The summed E-state index contributed by atoms with van der Waals surface area (Å²) in [6, 6.07) is 0. The molecule has 2 N–H and O–H groups in total. The number of hydrogen-bond acceptors (Lipinski definition) is 4. The predicted octanol–water partition coefficient (Wildman–Crippen LogP) is 2.85. The number of anilines is 1. The standard InChI is InChI=1S/C15H26N4O/c1-4-5-6-8-17-15-18-10-13(11-19-15)14(20)16-9-7-12(2)3/h10-12H,4-9H2,1-3H3,(H,16,20)(H,17,18,19). The smallest absolute Gasteiger partial charge is 0.254 e. The molecule has 1 amide bonds. The highest BCUT2D eigenvalue weighted by Crippen LogP contribution is 2.02. The van der Waals surface area contributed by atoms with E-state index in [9.17, 15) is 4.79 Å². The van der Waals surface area contributed by atoms with Crippen LogP contribution in [0.5, 0.6) is 0 Å². The predicted molar refractivity (Wildman–Crippen MR) is 81.8 cm³/mol. The van der Waals surface area contributed by atoms with E-state index in [1.807, 2.05) is 0 Å². The highest BCUT2D eigenvalue weighted by Gasteiger charge is 2.06. The molecular weight excluding hydrogens is 252 g/mol. The Labute approximate surface area is 121 Å². The van der Waals surface area contributed by atoms with E-state index in [0.717, 1.165) is 19.4 Å². The van der Waals surface area contributed by atoms with Crippen molar-refractivity contribution >= 4 is 11.9 Å². The third-order valence-corrected chi connectivity index (χ3v) is 2.98. The molecule has 0 saturated heterocycles. The van der Waals surface area contributed by atoms with Crippen LogP contribution < -0.4 is 10.6 Å². The average molecular weight is 278 g/mol. The van der Waals surface area contributed by atoms with E-state index in [4.69, 9.17) is 0 Å². The first-order valence-electron chi connectivity index (χ1n) is 7.47. The van der Waals surface area contributed by atoms with E-state index in [1.165, 1.54) is 12.8 Å². The molecule has 0 aromatic carbocycles. The lowest BCUT2D eigenvalue weighted by atomic mass is 10.1. The number of unbranched alkanes of at least 4 members (excludes halogenated alkanes) is 2. The molecule has 5 nitrogen and oxygen atoms in total. The molecule has 0 radical (unpaired) electrons. The van der Waals surface area contributed by atoms with Crippen molar-refractivity contribution in [2.24, 2.45) is 5.92 Å². The number of carbonyl (C=O) groups is 1. The van der Waals surface area contributed by atoms with E-state index in [0.29, 0.717) is 24.0 Å². The molecular formula is C15H26N4O. The quantitative estimate of drug-likeness (QED) is 0.682. The first-order chi connectivity index (χ1) is 9.63. The van der Waals surface area contributed by atoms with Crippen LogP contribution in [0.3, 0.4) is 0 Å². The number of amides is 1. The summed E-state index contributed by atoms with van der Waals surface area (Å²) in [5.41, 5.74) is 0.507. The summed E-state index contributed by atoms with van der Waals surface area (Å²) < 4.78 is 0. The molecule has 20 heavy (non-hydrogen) atoms. The SMILES string of the molecule is CCCCCNc1ncc(C(=O)NCCC(C)C)cn1. The van der Waals surface area contributed by atoms with Crippen molar-refractivity contribution < 1.29 is 4.79 Å². The van der Waals surface area contributed by atoms with Gasteiger partial charge in [0.1, 0.15) is 0 Å². The molecule has 0 aliphatic rings. The van der Waals surface area contributed by atoms with Gasteiger partial charge < -0.3 is 10.6 Å². The van der Waals surface area contributed by atoms with Gasteiger partial charge in [-0.3, -0.25) is 4.79 Å². The first-order valence-corrected chi connectivity index (χ1v) is 7.47. The maximum absolute atomic E-state index is 11.8. The second kappa shape index (κ2) is 9.28. The molecule has 0 saturated carbocycles. The monoisotopic (exact) mass is 278 g/mol. The molecule has 0 fully saturated rings. The number of hydrogen-bond donors (Lipinski definition) is 2. The van der Waals surface area contributed by atoms with Gasteiger partial charge in [0.25, 0.3) is 5.91 Å². The highest BCUT2D eigenvalue weighted by atomic mass is 16.1. The molecule has 0 unspecified atom stereocenters. The summed E-state index contributed by atoms with van der Waals surface area (Å²) in [5.74, 6) is 1.06. The summed E-state index contributed by atoms with van der Waals surface area (Å²) in [5, 5.41) is 6.02. The molecule has 1 rings (SSSR count). The van der Waals surface area contributed by atoms with Crippen LogP contribution in [-0.4, -0.2) is 29.0 Å². The van der Waals surface area contributed by atoms with Gasteiger partial charge >= 0.3 is 0 Å². The Morgan fingerprint density at radius 2 is 1.90 bits per heavy atom. The van der Waals surface area contributed by atoms with Gasteiger partial charge in [-0.15, -0.1) is 0 Å². The highest BCUT2D eigenvalue weighted by molar-refractivity contribution is 5.93. The van der Waals surface area contributed by atoms with Crippen LogP contribution in [0, 0.1) is 5.92 Å². The molecule has 112 valence electrons. The first kappa shape index (κ1) is 16.4. The van der Waals surface area contributed by atoms with Crippen LogP contribution in [0.15, 0.2) is 12.4 Å². The van der Waals surface area contributed by atoms with E-state index in [2.05, 4.69) is 41.4 Å². The summed E-state index contributed by atoms with van der Waals surface area (Å²) in [6.07, 6.45) is 7.61. The van der Waals surface area contributed by atoms with Gasteiger partial charge in [0, 0.05) is 25.5 Å². The van der Waals surface area contributed by atoms with Gasteiger partial charge in [-0.1, -0.05) is 33.6 Å². The molecule has 1 heterocycles. The fraction of sp³-hybridized carbons (Fsp3) is 0.667. The summed E-state index contributed by atoms with van der Waals surface area (Å²) in [7, 11) is 0. The van der Waals surface area contributed by atoms with Crippen molar-refractivity contribution in [2.75, 3.05) is 18.4 Å². The Hall–Kier alpha value is -1.65. The van der Waals surface area contributed by atoms with Crippen molar-refractivity contribution in [3.63, 3.8) is 0 Å².